The van der Waals surface area contributed by atoms with Gasteiger partial charge in [-0.1, -0.05) is 55.7 Å². The zero-order chi connectivity index (χ0) is 13.9. The first-order chi connectivity index (χ1) is 8.20. The summed E-state index contributed by atoms with van der Waals surface area (Å²) in [5, 5.41) is 10.6. The van der Waals surface area contributed by atoms with Gasteiger partial charge >= 0.3 is 5.69 Å². The van der Waals surface area contributed by atoms with Crippen LogP contribution in [0.2, 0.25) is 10.3 Å². The van der Waals surface area contributed by atoms with Crippen molar-refractivity contribution >= 4 is 40.7 Å². The molecule has 8 heteroatoms. The highest BCUT2D eigenvalue weighted by molar-refractivity contribution is 7.99. The monoisotopic (exact) mass is 309 g/mol. The van der Waals surface area contributed by atoms with Crippen LogP contribution in [0.4, 0.5) is 5.69 Å². The van der Waals surface area contributed by atoms with Gasteiger partial charge in [-0.05, 0) is 11.8 Å². The minimum Gasteiger partial charge on any atom is -0.258 e. The second-order valence-electron chi connectivity index (χ2n) is 4.85. The van der Waals surface area contributed by atoms with Crippen LogP contribution in [-0.4, -0.2) is 20.6 Å². The lowest BCUT2D eigenvalue weighted by atomic mass is 9.94. The molecule has 0 bridgehead atoms. The van der Waals surface area contributed by atoms with Gasteiger partial charge in [0.1, 0.15) is 0 Å². The van der Waals surface area contributed by atoms with Crippen LogP contribution in [0.5, 0.6) is 0 Å². The molecular weight excluding hydrogens is 297 g/mol. The lowest BCUT2D eigenvalue weighted by Crippen LogP contribution is -2.06. The van der Waals surface area contributed by atoms with Crippen molar-refractivity contribution in [3.8, 4) is 0 Å². The highest BCUT2D eigenvalue weighted by atomic mass is 35.5. The van der Waals surface area contributed by atoms with Crippen molar-refractivity contribution < 1.29 is 4.92 Å². The van der Waals surface area contributed by atoms with Crippen LogP contribution in [0.25, 0.3) is 0 Å². The maximum absolute atomic E-state index is 10.6. The fourth-order valence-corrected chi connectivity index (χ4v) is 2.88. The van der Waals surface area contributed by atoms with E-state index in [1.807, 2.05) is 0 Å². The summed E-state index contributed by atoms with van der Waals surface area (Å²) in [5.74, 6) is 0.800. The van der Waals surface area contributed by atoms with Crippen molar-refractivity contribution in [2.45, 2.75) is 32.3 Å². The normalized spacial score (nSPS) is 11.6. The molecule has 0 spiro atoms. The van der Waals surface area contributed by atoms with Gasteiger partial charge in [0, 0.05) is 5.75 Å². The van der Waals surface area contributed by atoms with Gasteiger partial charge in [0.2, 0.25) is 10.3 Å². The number of halogens is 2. The molecule has 0 unspecified atom stereocenters. The number of hydrogen-bond donors (Lipinski definition) is 0. The van der Waals surface area contributed by atoms with Crippen LogP contribution in [-0.2, 0) is 0 Å². The van der Waals surface area contributed by atoms with E-state index in [0.29, 0.717) is 5.16 Å². The van der Waals surface area contributed by atoms with Gasteiger partial charge in [0.15, 0.2) is 5.16 Å². The van der Waals surface area contributed by atoms with E-state index in [2.05, 4.69) is 30.7 Å². The number of thioether (sulfide) groups is 1. The van der Waals surface area contributed by atoms with E-state index in [9.17, 15) is 10.1 Å². The quantitative estimate of drug-likeness (QED) is 0.274. The van der Waals surface area contributed by atoms with E-state index < -0.39 is 10.6 Å². The van der Waals surface area contributed by atoms with E-state index in [4.69, 9.17) is 23.2 Å². The zero-order valence-electron chi connectivity index (χ0n) is 10.2. The summed E-state index contributed by atoms with van der Waals surface area (Å²) in [7, 11) is 0. The molecule has 1 aromatic rings. The predicted octanol–water partition coefficient (Wildman–Crippen LogP) is 4.22. The molecule has 100 valence electrons. The molecule has 0 amide bonds. The van der Waals surface area contributed by atoms with Gasteiger partial charge in [0.25, 0.3) is 0 Å². The van der Waals surface area contributed by atoms with Crippen molar-refractivity contribution in [1.82, 2.24) is 9.97 Å². The summed E-state index contributed by atoms with van der Waals surface area (Å²) < 4.78 is 0. The second kappa shape index (κ2) is 6.04. The smallest absolute Gasteiger partial charge is 0.258 e. The molecule has 0 aliphatic heterocycles. The lowest BCUT2D eigenvalue weighted by molar-refractivity contribution is -0.385. The maximum atomic E-state index is 10.6. The SMILES string of the molecule is CC(C)(C)CCSc1nc(Cl)c([N+](=O)[O-])c(Cl)n1. The van der Waals surface area contributed by atoms with Gasteiger partial charge in [-0.2, -0.15) is 0 Å². The van der Waals surface area contributed by atoms with E-state index in [0.717, 1.165) is 12.2 Å². The Kier molecular flexibility index (Phi) is 5.19. The van der Waals surface area contributed by atoms with Gasteiger partial charge in [-0.25, -0.2) is 9.97 Å². The Hall–Kier alpha value is -0.590. The number of nitrogens with zero attached hydrogens (tertiary/aromatic N) is 3. The Labute approximate surface area is 119 Å². The van der Waals surface area contributed by atoms with Crippen LogP contribution in [0.3, 0.4) is 0 Å². The molecule has 0 N–H and O–H groups in total. The molecule has 1 heterocycles. The van der Waals surface area contributed by atoms with E-state index >= 15 is 0 Å². The molecular formula is C10H13Cl2N3O2S. The molecule has 18 heavy (non-hydrogen) atoms. The average molecular weight is 310 g/mol. The van der Waals surface area contributed by atoms with Crippen molar-refractivity contribution in [2.75, 3.05) is 5.75 Å². The van der Waals surface area contributed by atoms with Gasteiger partial charge in [-0.3, -0.25) is 10.1 Å². The standard InChI is InChI=1S/C10H13Cl2N3O2S/c1-10(2,3)4-5-18-9-13-7(11)6(15(16)17)8(12)14-9/h4-5H2,1-3H3. The fourth-order valence-electron chi connectivity index (χ4n) is 1.05. The first-order valence-corrected chi connectivity index (χ1v) is 6.95. The van der Waals surface area contributed by atoms with Crippen molar-refractivity contribution in [1.29, 1.82) is 0 Å². The van der Waals surface area contributed by atoms with Crippen LogP contribution in [0.15, 0.2) is 5.16 Å². The highest BCUT2D eigenvalue weighted by Crippen LogP contribution is 2.32. The van der Waals surface area contributed by atoms with Gasteiger partial charge in [0.05, 0.1) is 4.92 Å². The summed E-state index contributed by atoms with van der Waals surface area (Å²) in [4.78, 5) is 17.7. The Morgan fingerprint density at radius 1 is 1.28 bits per heavy atom. The minimum absolute atomic E-state index is 0.210. The molecule has 0 saturated carbocycles. The highest BCUT2D eigenvalue weighted by Gasteiger charge is 2.22. The molecule has 0 fully saturated rings. The van der Waals surface area contributed by atoms with E-state index in [-0.39, 0.29) is 15.7 Å². The molecule has 1 aromatic heterocycles. The first-order valence-electron chi connectivity index (χ1n) is 5.21. The Bertz CT molecular complexity index is 440. The Balaban J connectivity index is 2.78. The summed E-state index contributed by atoms with van der Waals surface area (Å²) in [6.07, 6.45) is 0.966. The van der Waals surface area contributed by atoms with Gasteiger partial charge in [-0.15, -0.1) is 0 Å². The van der Waals surface area contributed by atoms with Crippen molar-refractivity contribution in [2.24, 2.45) is 5.41 Å². The molecule has 1 rings (SSSR count). The molecule has 0 radical (unpaired) electrons. The van der Waals surface area contributed by atoms with Crippen molar-refractivity contribution in [3.63, 3.8) is 0 Å². The van der Waals surface area contributed by atoms with Crippen LogP contribution < -0.4 is 0 Å². The molecule has 0 aliphatic rings. The summed E-state index contributed by atoms with van der Waals surface area (Å²) in [6.45, 7) is 6.39. The fraction of sp³-hybridized carbons (Fsp3) is 0.600. The number of rotatable bonds is 4. The molecule has 5 nitrogen and oxygen atoms in total. The van der Waals surface area contributed by atoms with Crippen LogP contribution in [0.1, 0.15) is 27.2 Å². The number of aromatic nitrogens is 2. The Morgan fingerprint density at radius 3 is 2.17 bits per heavy atom. The van der Waals surface area contributed by atoms with Gasteiger partial charge < -0.3 is 0 Å². The Morgan fingerprint density at radius 2 is 1.78 bits per heavy atom. The zero-order valence-corrected chi connectivity index (χ0v) is 12.6. The summed E-state index contributed by atoms with van der Waals surface area (Å²) in [5.41, 5.74) is -0.236. The largest absolute Gasteiger partial charge is 0.343 e. The molecule has 0 aliphatic carbocycles. The third kappa shape index (κ3) is 4.59. The molecule has 0 atom stereocenters. The third-order valence-electron chi connectivity index (χ3n) is 2.04. The average Bonchev–Trinajstić information content (AvgIpc) is 2.13. The summed E-state index contributed by atoms with van der Waals surface area (Å²) >= 11 is 12.8. The lowest BCUT2D eigenvalue weighted by Gasteiger charge is -2.16. The second-order valence-corrected chi connectivity index (χ2v) is 6.63. The van der Waals surface area contributed by atoms with Crippen LogP contribution in [0, 0.1) is 15.5 Å². The number of hydrogen-bond acceptors (Lipinski definition) is 5. The number of nitro groups is 1. The summed E-state index contributed by atoms with van der Waals surface area (Å²) in [6, 6.07) is 0. The molecule has 0 aromatic carbocycles. The minimum atomic E-state index is -0.686. The first kappa shape index (κ1) is 15.5. The van der Waals surface area contributed by atoms with E-state index in [1.165, 1.54) is 11.8 Å². The van der Waals surface area contributed by atoms with Crippen molar-refractivity contribution in [3.05, 3.63) is 20.4 Å². The molecule has 0 saturated heterocycles. The predicted molar refractivity (Wildman–Crippen MR) is 73.5 cm³/mol. The van der Waals surface area contributed by atoms with E-state index in [1.54, 1.807) is 0 Å². The van der Waals surface area contributed by atoms with Crippen LogP contribution >= 0.6 is 35.0 Å². The maximum Gasteiger partial charge on any atom is 0.343 e. The third-order valence-corrected chi connectivity index (χ3v) is 3.42. The topological polar surface area (TPSA) is 68.9 Å².